The number of anilines is 2. The summed E-state index contributed by atoms with van der Waals surface area (Å²) in [6.07, 6.45) is 3.77. The summed E-state index contributed by atoms with van der Waals surface area (Å²) < 4.78 is 0. The molecule has 0 saturated heterocycles. The van der Waals surface area contributed by atoms with Crippen LogP contribution < -0.4 is 16.4 Å². The van der Waals surface area contributed by atoms with Crippen molar-refractivity contribution in [2.24, 2.45) is 5.73 Å². The third-order valence-electron chi connectivity index (χ3n) is 3.33. The van der Waals surface area contributed by atoms with Crippen molar-refractivity contribution in [2.75, 3.05) is 10.6 Å². The average molecular weight is 247 g/mol. The highest BCUT2D eigenvalue weighted by Crippen LogP contribution is 2.22. The summed E-state index contributed by atoms with van der Waals surface area (Å²) in [7, 11) is 0. The zero-order valence-corrected chi connectivity index (χ0v) is 10.8. The van der Waals surface area contributed by atoms with Crippen LogP contribution in [0.4, 0.5) is 11.4 Å². The van der Waals surface area contributed by atoms with Crippen LogP contribution in [0.15, 0.2) is 24.3 Å². The van der Waals surface area contributed by atoms with E-state index in [0.717, 1.165) is 30.6 Å². The second kappa shape index (κ2) is 5.87. The zero-order chi connectivity index (χ0) is 13.0. The van der Waals surface area contributed by atoms with Gasteiger partial charge in [0.05, 0.1) is 0 Å². The highest BCUT2D eigenvalue weighted by atomic mass is 16.1. The van der Waals surface area contributed by atoms with E-state index in [2.05, 4.69) is 10.6 Å². The Morgan fingerprint density at radius 2 is 1.94 bits per heavy atom. The van der Waals surface area contributed by atoms with Gasteiger partial charge in [0, 0.05) is 29.9 Å². The monoisotopic (exact) mass is 247 g/mol. The van der Waals surface area contributed by atoms with Crippen LogP contribution in [0, 0.1) is 0 Å². The van der Waals surface area contributed by atoms with Crippen molar-refractivity contribution in [1.82, 2.24) is 0 Å². The number of nitrogens with one attached hydrogen (secondary N) is 2. The van der Waals surface area contributed by atoms with E-state index in [4.69, 9.17) is 5.73 Å². The molecule has 2 rings (SSSR count). The van der Waals surface area contributed by atoms with Gasteiger partial charge in [0.1, 0.15) is 0 Å². The lowest BCUT2D eigenvalue weighted by atomic mass is 10.2. The second-order valence-corrected chi connectivity index (χ2v) is 4.89. The molecule has 1 amide bonds. The van der Waals surface area contributed by atoms with Crippen LogP contribution >= 0.6 is 0 Å². The summed E-state index contributed by atoms with van der Waals surface area (Å²) in [5.74, 6) is 0.0393. The molecule has 0 aromatic heterocycles. The van der Waals surface area contributed by atoms with Gasteiger partial charge in [0.15, 0.2) is 0 Å². The molecule has 18 heavy (non-hydrogen) atoms. The van der Waals surface area contributed by atoms with Crippen molar-refractivity contribution in [3.05, 3.63) is 24.3 Å². The summed E-state index contributed by atoms with van der Waals surface area (Å²) in [5, 5.41) is 6.31. The largest absolute Gasteiger partial charge is 0.382 e. The van der Waals surface area contributed by atoms with Crippen molar-refractivity contribution < 1.29 is 4.79 Å². The summed E-state index contributed by atoms with van der Waals surface area (Å²) in [5.41, 5.74) is 7.82. The molecule has 1 aliphatic carbocycles. The summed E-state index contributed by atoms with van der Waals surface area (Å²) in [6, 6.07) is 8.65. The van der Waals surface area contributed by atoms with E-state index in [-0.39, 0.29) is 5.91 Å². The minimum Gasteiger partial charge on any atom is -0.382 e. The Bertz CT molecular complexity index is 402. The molecule has 1 fully saturated rings. The van der Waals surface area contributed by atoms with E-state index in [1.807, 2.05) is 31.2 Å². The van der Waals surface area contributed by atoms with Crippen molar-refractivity contribution >= 4 is 17.3 Å². The number of amides is 1. The van der Waals surface area contributed by atoms with Crippen LogP contribution in [0.3, 0.4) is 0 Å². The molecule has 2 unspecified atom stereocenters. The maximum Gasteiger partial charge on any atom is 0.224 e. The van der Waals surface area contributed by atoms with Gasteiger partial charge in [-0.2, -0.15) is 0 Å². The molecule has 1 saturated carbocycles. The van der Waals surface area contributed by atoms with E-state index in [1.165, 1.54) is 0 Å². The number of carbonyl (C=O) groups is 1. The minimum absolute atomic E-state index is 0.0393. The van der Waals surface area contributed by atoms with Gasteiger partial charge in [-0.05, 0) is 43.5 Å². The molecule has 2 atom stereocenters. The van der Waals surface area contributed by atoms with Crippen LogP contribution in [-0.2, 0) is 4.79 Å². The number of hydrogen-bond donors (Lipinski definition) is 3. The van der Waals surface area contributed by atoms with Crippen molar-refractivity contribution in [3.63, 3.8) is 0 Å². The zero-order valence-electron chi connectivity index (χ0n) is 10.8. The van der Waals surface area contributed by atoms with Gasteiger partial charge in [-0.25, -0.2) is 0 Å². The number of nitrogens with two attached hydrogens (primary N) is 1. The Labute approximate surface area is 108 Å². The van der Waals surface area contributed by atoms with Crippen molar-refractivity contribution in [1.29, 1.82) is 0 Å². The third kappa shape index (κ3) is 3.47. The minimum atomic E-state index is 0.0393. The lowest BCUT2D eigenvalue weighted by molar-refractivity contribution is -0.115. The van der Waals surface area contributed by atoms with Crippen LogP contribution in [0.25, 0.3) is 0 Å². The molecule has 0 radical (unpaired) electrons. The lowest BCUT2D eigenvalue weighted by Gasteiger charge is -2.14. The SMILES string of the molecule is CCC(=O)Nc1ccc(NC2CCC(N)C2)cc1. The Balaban J connectivity index is 1.89. The fourth-order valence-corrected chi connectivity index (χ4v) is 2.28. The Hall–Kier alpha value is -1.55. The van der Waals surface area contributed by atoms with Crippen LogP contribution in [0.1, 0.15) is 32.6 Å². The normalized spacial score (nSPS) is 22.8. The smallest absolute Gasteiger partial charge is 0.224 e. The number of benzene rings is 1. The molecule has 1 aromatic rings. The number of hydrogen-bond acceptors (Lipinski definition) is 3. The van der Waals surface area contributed by atoms with Crippen LogP contribution in [0.2, 0.25) is 0 Å². The highest BCUT2D eigenvalue weighted by molar-refractivity contribution is 5.90. The fourth-order valence-electron chi connectivity index (χ4n) is 2.28. The van der Waals surface area contributed by atoms with Crippen molar-refractivity contribution in [2.45, 2.75) is 44.7 Å². The van der Waals surface area contributed by atoms with E-state index in [1.54, 1.807) is 0 Å². The molecule has 4 heteroatoms. The first-order valence-electron chi connectivity index (χ1n) is 6.59. The molecule has 98 valence electrons. The van der Waals surface area contributed by atoms with E-state index in [9.17, 15) is 4.79 Å². The molecule has 1 aliphatic rings. The second-order valence-electron chi connectivity index (χ2n) is 4.89. The lowest BCUT2D eigenvalue weighted by Crippen LogP contribution is -2.20. The van der Waals surface area contributed by atoms with Gasteiger partial charge in [0.25, 0.3) is 0 Å². The summed E-state index contributed by atoms with van der Waals surface area (Å²) >= 11 is 0. The predicted octanol–water partition coefficient (Wildman–Crippen LogP) is 2.33. The molecule has 4 N–H and O–H groups in total. The first-order valence-corrected chi connectivity index (χ1v) is 6.59. The average Bonchev–Trinajstić information content (AvgIpc) is 2.77. The molecule has 0 heterocycles. The molecular weight excluding hydrogens is 226 g/mol. The summed E-state index contributed by atoms with van der Waals surface area (Å²) in [6.45, 7) is 1.84. The first kappa shape index (κ1) is 12.9. The van der Waals surface area contributed by atoms with Crippen molar-refractivity contribution in [3.8, 4) is 0 Å². The first-order chi connectivity index (χ1) is 8.67. The number of rotatable bonds is 4. The molecule has 4 nitrogen and oxygen atoms in total. The third-order valence-corrected chi connectivity index (χ3v) is 3.33. The van der Waals surface area contributed by atoms with Crippen LogP contribution in [0.5, 0.6) is 0 Å². The quantitative estimate of drug-likeness (QED) is 0.765. The Morgan fingerprint density at radius 3 is 2.50 bits per heavy atom. The van der Waals surface area contributed by atoms with E-state index in [0.29, 0.717) is 18.5 Å². The van der Waals surface area contributed by atoms with Gasteiger partial charge >= 0.3 is 0 Å². The molecule has 0 spiro atoms. The topological polar surface area (TPSA) is 67.2 Å². The fraction of sp³-hybridized carbons (Fsp3) is 0.500. The van der Waals surface area contributed by atoms with Gasteiger partial charge in [-0.1, -0.05) is 6.92 Å². The Morgan fingerprint density at radius 1 is 1.28 bits per heavy atom. The van der Waals surface area contributed by atoms with Gasteiger partial charge in [0.2, 0.25) is 5.91 Å². The molecule has 0 bridgehead atoms. The molecule has 1 aromatic carbocycles. The maximum atomic E-state index is 11.2. The molecular formula is C14H21N3O. The molecule has 0 aliphatic heterocycles. The number of carbonyl (C=O) groups excluding carboxylic acids is 1. The standard InChI is InChI=1S/C14H21N3O/c1-2-14(18)17-12-7-5-11(6-8-12)16-13-4-3-10(15)9-13/h5-8,10,13,16H,2-4,9,15H2,1H3,(H,17,18). The Kier molecular flexibility index (Phi) is 4.20. The van der Waals surface area contributed by atoms with Crippen LogP contribution in [-0.4, -0.2) is 18.0 Å². The van der Waals surface area contributed by atoms with Gasteiger partial charge < -0.3 is 16.4 Å². The summed E-state index contributed by atoms with van der Waals surface area (Å²) in [4.78, 5) is 11.2. The van der Waals surface area contributed by atoms with E-state index >= 15 is 0 Å². The van der Waals surface area contributed by atoms with Gasteiger partial charge in [-0.15, -0.1) is 0 Å². The van der Waals surface area contributed by atoms with E-state index < -0.39 is 0 Å². The predicted molar refractivity (Wildman–Crippen MR) is 74.6 cm³/mol. The maximum absolute atomic E-state index is 11.2. The van der Waals surface area contributed by atoms with Gasteiger partial charge in [-0.3, -0.25) is 4.79 Å². The highest BCUT2D eigenvalue weighted by Gasteiger charge is 2.21.